The summed E-state index contributed by atoms with van der Waals surface area (Å²) in [6.07, 6.45) is -1.05. The molecule has 3 heterocycles. The summed E-state index contributed by atoms with van der Waals surface area (Å²) < 4.78 is 41.3. The Balaban J connectivity index is 1.97. The Hall–Kier alpha value is -2.13. The van der Waals surface area contributed by atoms with Crippen LogP contribution in [0.5, 0.6) is 0 Å². The summed E-state index contributed by atoms with van der Waals surface area (Å²) >= 11 is 5.93. The van der Waals surface area contributed by atoms with Gasteiger partial charge in [-0.2, -0.15) is 18.3 Å². The van der Waals surface area contributed by atoms with Crippen molar-refractivity contribution in [2.75, 3.05) is 13.1 Å². The van der Waals surface area contributed by atoms with E-state index in [4.69, 9.17) is 11.6 Å². The first-order chi connectivity index (χ1) is 11.9. The molecule has 1 unspecified atom stereocenters. The van der Waals surface area contributed by atoms with Gasteiger partial charge >= 0.3 is 6.18 Å². The molecule has 0 aliphatic carbocycles. The van der Waals surface area contributed by atoms with Gasteiger partial charge in [-0.05, 0) is 31.5 Å². The van der Waals surface area contributed by atoms with Gasteiger partial charge in [0.25, 0.3) is 5.91 Å². The van der Waals surface area contributed by atoms with Crippen LogP contribution in [0.1, 0.15) is 28.9 Å². The quantitative estimate of drug-likeness (QED) is 0.866. The van der Waals surface area contributed by atoms with Gasteiger partial charge in [0, 0.05) is 18.8 Å². The molecule has 1 saturated heterocycles. The highest BCUT2D eigenvalue weighted by molar-refractivity contribution is 6.32. The van der Waals surface area contributed by atoms with Crippen LogP contribution < -0.4 is 10.6 Å². The Bertz CT molecular complexity index is 771. The van der Waals surface area contributed by atoms with Crippen LogP contribution in [0.4, 0.5) is 13.2 Å². The molecule has 2 aromatic rings. The maximum atomic E-state index is 13.6. The number of rotatable bonds is 3. The van der Waals surface area contributed by atoms with Gasteiger partial charge < -0.3 is 10.6 Å². The predicted molar refractivity (Wildman–Crippen MR) is 84.7 cm³/mol. The second kappa shape index (κ2) is 7.01. The van der Waals surface area contributed by atoms with E-state index in [1.165, 1.54) is 18.3 Å². The first-order valence-electron chi connectivity index (χ1n) is 7.65. The van der Waals surface area contributed by atoms with Crippen molar-refractivity contribution in [3.05, 3.63) is 40.8 Å². The van der Waals surface area contributed by atoms with Crippen molar-refractivity contribution in [3.8, 4) is 5.82 Å². The van der Waals surface area contributed by atoms with Crippen LogP contribution in [0.2, 0.25) is 5.02 Å². The highest BCUT2D eigenvalue weighted by atomic mass is 35.5. The smallest absolute Gasteiger partial charge is 0.348 e. The summed E-state index contributed by atoms with van der Waals surface area (Å²) in [4.78, 5) is 16.2. The number of halogens is 4. The van der Waals surface area contributed by atoms with Crippen LogP contribution in [0.25, 0.3) is 5.82 Å². The SMILES string of the molecule is O=C(NC1CCCNC1)c1cnn(-c2ncccc2Cl)c1C(F)(F)F. The highest BCUT2D eigenvalue weighted by Crippen LogP contribution is 2.34. The molecule has 134 valence electrons. The lowest BCUT2D eigenvalue weighted by atomic mass is 10.1. The molecule has 1 amide bonds. The number of amides is 1. The zero-order chi connectivity index (χ0) is 18.0. The number of piperidine rings is 1. The summed E-state index contributed by atoms with van der Waals surface area (Å²) in [7, 11) is 0. The van der Waals surface area contributed by atoms with E-state index in [-0.39, 0.29) is 16.9 Å². The lowest BCUT2D eigenvalue weighted by molar-refractivity contribution is -0.143. The maximum Gasteiger partial charge on any atom is 0.434 e. The number of hydrogen-bond donors (Lipinski definition) is 2. The van der Waals surface area contributed by atoms with Crippen molar-refractivity contribution in [3.63, 3.8) is 0 Å². The number of nitrogens with one attached hydrogen (secondary N) is 2. The predicted octanol–water partition coefficient (Wildman–Crippen LogP) is 2.42. The molecule has 10 heteroatoms. The Morgan fingerprint density at radius 2 is 2.24 bits per heavy atom. The number of alkyl halides is 3. The maximum absolute atomic E-state index is 13.6. The van der Waals surface area contributed by atoms with Gasteiger partial charge in [-0.15, -0.1) is 0 Å². The molecular weight excluding hydrogens is 359 g/mol. The molecule has 0 bridgehead atoms. The zero-order valence-corrected chi connectivity index (χ0v) is 13.7. The molecular formula is C15H15ClF3N5O. The molecule has 2 aromatic heterocycles. The fraction of sp³-hybridized carbons (Fsp3) is 0.400. The number of hydrogen-bond acceptors (Lipinski definition) is 4. The molecule has 6 nitrogen and oxygen atoms in total. The van der Waals surface area contributed by atoms with Crippen molar-refractivity contribution in [1.29, 1.82) is 0 Å². The molecule has 3 rings (SSSR count). The number of carbonyl (C=O) groups excluding carboxylic acids is 1. The summed E-state index contributed by atoms with van der Waals surface area (Å²) in [5.74, 6) is -1.01. The summed E-state index contributed by atoms with van der Waals surface area (Å²) in [6, 6.07) is 2.68. The van der Waals surface area contributed by atoms with Crippen LogP contribution in [-0.4, -0.2) is 39.8 Å². The third-order valence-corrected chi connectivity index (χ3v) is 4.15. The van der Waals surface area contributed by atoms with Crippen molar-refractivity contribution >= 4 is 17.5 Å². The molecule has 25 heavy (non-hydrogen) atoms. The van der Waals surface area contributed by atoms with E-state index in [0.29, 0.717) is 17.6 Å². The zero-order valence-electron chi connectivity index (χ0n) is 13.0. The van der Waals surface area contributed by atoms with Gasteiger partial charge in [-0.25, -0.2) is 9.67 Å². The monoisotopic (exact) mass is 373 g/mol. The second-order valence-corrected chi connectivity index (χ2v) is 6.05. The average Bonchev–Trinajstić information content (AvgIpc) is 3.01. The van der Waals surface area contributed by atoms with E-state index in [1.807, 2.05) is 0 Å². The van der Waals surface area contributed by atoms with Crippen molar-refractivity contribution in [2.45, 2.75) is 25.1 Å². The Labute approximate surface area is 146 Å². The Morgan fingerprint density at radius 1 is 1.44 bits per heavy atom. The van der Waals surface area contributed by atoms with E-state index in [9.17, 15) is 18.0 Å². The molecule has 1 fully saturated rings. The summed E-state index contributed by atoms with van der Waals surface area (Å²) in [6.45, 7) is 1.35. The minimum absolute atomic E-state index is 0.000427. The van der Waals surface area contributed by atoms with E-state index in [2.05, 4.69) is 20.7 Å². The average molecular weight is 374 g/mol. The third kappa shape index (κ3) is 3.77. The van der Waals surface area contributed by atoms with Crippen LogP contribution in [0, 0.1) is 0 Å². The van der Waals surface area contributed by atoms with E-state index in [0.717, 1.165) is 19.2 Å². The first-order valence-corrected chi connectivity index (χ1v) is 8.03. The first kappa shape index (κ1) is 17.7. The number of carbonyl (C=O) groups is 1. The molecule has 1 aliphatic heterocycles. The molecule has 1 atom stereocenters. The number of nitrogens with zero attached hydrogens (tertiary/aromatic N) is 3. The molecule has 0 spiro atoms. The summed E-state index contributed by atoms with van der Waals surface area (Å²) in [5, 5.41) is 9.41. The van der Waals surface area contributed by atoms with Crippen LogP contribution in [0.3, 0.4) is 0 Å². The topological polar surface area (TPSA) is 71.8 Å². The van der Waals surface area contributed by atoms with E-state index in [1.54, 1.807) is 0 Å². The van der Waals surface area contributed by atoms with Gasteiger partial charge in [0.2, 0.25) is 0 Å². The minimum Gasteiger partial charge on any atom is -0.348 e. The van der Waals surface area contributed by atoms with Crippen molar-refractivity contribution in [2.24, 2.45) is 0 Å². The Morgan fingerprint density at radius 3 is 2.88 bits per heavy atom. The van der Waals surface area contributed by atoms with Crippen molar-refractivity contribution in [1.82, 2.24) is 25.4 Å². The van der Waals surface area contributed by atoms with Gasteiger partial charge in [0.1, 0.15) is 0 Å². The fourth-order valence-electron chi connectivity index (χ4n) is 2.72. The summed E-state index contributed by atoms with van der Waals surface area (Å²) in [5.41, 5.74) is -1.76. The van der Waals surface area contributed by atoms with Gasteiger partial charge in [-0.1, -0.05) is 11.6 Å². The number of aromatic nitrogens is 3. The standard InChI is InChI=1S/C15H15ClF3N5O/c16-11-4-2-6-21-13(11)24-12(15(17,18)19)10(8-22-24)14(25)23-9-3-1-5-20-7-9/h2,4,6,8-9,20H,1,3,5,7H2,(H,23,25). The van der Waals surface area contributed by atoms with Crippen LogP contribution in [-0.2, 0) is 6.18 Å². The minimum atomic E-state index is -4.80. The fourth-order valence-corrected chi connectivity index (χ4v) is 2.92. The highest BCUT2D eigenvalue weighted by Gasteiger charge is 2.41. The number of pyridine rings is 1. The van der Waals surface area contributed by atoms with Gasteiger partial charge in [0.15, 0.2) is 11.5 Å². The molecule has 0 radical (unpaired) electrons. The lowest BCUT2D eigenvalue weighted by Crippen LogP contribution is -2.45. The van der Waals surface area contributed by atoms with E-state index >= 15 is 0 Å². The van der Waals surface area contributed by atoms with Crippen LogP contribution in [0.15, 0.2) is 24.5 Å². The van der Waals surface area contributed by atoms with Crippen molar-refractivity contribution < 1.29 is 18.0 Å². The van der Waals surface area contributed by atoms with Gasteiger partial charge in [-0.3, -0.25) is 4.79 Å². The molecule has 0 saturated carbocycles. The Kier molecular flexibility index (Phi) is 4.96. The van der Waals surface area contributed by atoms with Crippen LogP contribution >= 0.6 is 11.6 Å². The molecule has 1 aliphatic rings. The molecule has 0 aromatic carbocycles. The third-order valence-electron chi connectivity index (χ3n) is 3.85. The second-order valence-electron chi connectivity index (χ2n) is 5.64. The largest absolute Gasteiger partial charge is 0.434 e. The van der Waals surface area contributed by atoms with Gasteiger partial charge in [0.05, 0.1) is 16.8 Å². The molecule has 2 N–H and O–H groups in total. The van der Waals surface area contributed by atoms with E-state index < -0.39 is 23.3 Å². The normalized spacial score (nSPS) is 18.2. The lowest BCUT2D eigenvalue weighted by Gasteiger charge is -2.23.